The van der Waals surface area contributed by atoms with Crippen molar-refractivity contribution in [2.24, 2.45) is 11.7 Å². The Kier molecular flexibility index (Phi) is 5.15. The van der Waals surface area contributed by atoms with Crippen LogP contribution in [0.3, 0.4) is 0 Å². The Labute approximate surface area is 130 Å². The highest BCUT2D eigenvalue weighted by molar-refractivity contribution is 5.50. The van der Waals surface area contributed by atoms with Crippen LogP contribution in [0.5, 0.6) is 5.75 Å². The van der Waals surface area contributed by atoms with Crippen molar-refractivity contribution in [3.8, 4) is 5.75 Å². The largest absolute Gasteiger partial charge is 0.507 e. The molecule has 0 aromatic heterocycles. The first-order valence-electron chi connectivity index (χ1n) is 7.96. The van der Waals surface area contributed by atoms with Gasteiger partial charge in [-0.25, -0.2) is 0 Å². The van der Waals surface area contributed by atoms with Gasteiger partial charge in [0.05, 0.1) is 0 Å². The molecular formula is C19H33NO. The van der Waals surface area contributed by atoms with Crippen molar-refractivity contribution in [2.45, 2.75) is 78.7 Å². The summed E-state index contributed by atoms with van der Waals surface area (Å²) in [6.45, 7) is 17.1. The molecule has 2 heteroatoms. The fraction of sp³-hybridized carbons (Fsp3) is 0.684. The van der Waals surface area contributed by atoms with E-state index in [1.807, 2.05) is 0 Å². The number of hydrogen-bond acceptors (Lipinski definition) is 2. The second kappa shape index (κ2) is 6.00. The van der Waals surface area contributed by atoms with Gasteiger partial charge in [-0.15, -0.1) is 0 Å². The highest BCUT2D eigenvalue weighted by atomic mass is 16.3. The molecule has 0 radical (unpaired) electrons. The predicted molar refractivity (Wildman–Crippen MR) is 92.0 cm³/mol. The summed E-state index contributed by atoms with van der Waals surface area (Å²) in [7, 11) is 0. The molecule has 0 spiro atoms. The standard InChI is InChI=1S/C19H33NO/c1-12(2)16(20)11-13-9-14(18(3,4)5)17(21)15(10-13)19(6,7)8/h9-10,12,16,21H,11,20H2,1-8H3. The minimum Gasteiger partial charge on any atom is -0.507 e. The third-order valence-corrected chi connectivity index (χ3v) is 4.11. The van der Waals surface area contributed by atoms with Crippen LogP contribution in [-0.4, -0.2) is 11.1 Å². The van der Waals surface area contributed by atoms with E-state index in [0.717, 1.165) is 17.5 Å². The lowest BCUT2D eigenvalue weighted by Crippen LogP contribution is -2.29. The van der Waals surface area contributed by atoms with Crippen LogP contribution in [0.25, 0.3) is 0 Å². The van der Waals surface area contributed by atoms with Gasteiger partial charge in [0.1, 0.15) is 5.75 Å². The summed E-state index contributed by atoms with van der Waals surface area (Å²) in [6.07, 6.45) is 0.851. The van der Waals surface area contributed by atoms with Gasteiger partial charge in [-0.2, -0.15) is 0 Å². The SMILES string of the molecule is CC(C)C(N)Cc1cc(C(C)(C)C)c(O)c(C(C)(C)C)c1. The van der Waals surface area contributed by atoms with Gasteiger partial charge >= 0.3 is 0 Å². The Morgan fingerprint density at radius 1 is 0.952 bits per heavy atom. The van der Waals surface area contributed by atoms with E-state index in [-0.39, 0.29) is 16.9 Å². The molecule has 0 saturated carbocycles. The molecule has 1 aromatic rings. The van der Waals surface area contributed by atoms with E-state index in [4.69, 9.17) is 5.73 Å². The van der Waals surface area contributed by atoms with Crippen LogP contribution < -0.4 is 5.73 Å². The zero-order chi connectivity index (χ0) is 16.6. The molecule has 0 aliphatic heterocycles. The molecule has 0 bridgehead atoms. The molecule has 0 heterocycles. The summed E-state index contributed by atoms with van der Waals surface area (Å²) in [5, 5.41) is 10.7. The molecule has 1 aromatic carbocycles. The van der Waals surface area contributed by atoms with Crippen molar-refractivity contribution in [1.82, 2.24) is 0 Å². The van der Waals surface area contributed by atoms with Crippen molar-refractivity contribution in [3.05, 3.63) is 28.8 Å². The molecule has 120 valence electrons. The molecule has 3 N–H and O–H groups in total. The van der Waals surface area contributed by atoms with E-state index in [1.54, 1.807) is 0 Å². The maximum Gasteiger partial charge on any atom is 0.123 e. The summed E-state index contributed by atoms with van der Waals surface area (Å²) < 4.78 is 0. The van der Waals surface area contributed by atoms with Crippen LogP contribution in [0, 0.1) is 5.92 Å². The Balaban J connectivity index is 3.41. The number of phenols is 1. The Morgan fingerprint density at radius 3 is 1.62 bits per heavy atom. The quantitative estimate of drug-likeness (QED) is 0.860. The minimum absolute atomic E-state index is 0.0813. The van der Waals surface area contributed by atoms with Crippen molar-refractivity contribution in [3.63, 3.8) is 0 Å². The van der Waals surface area contributed by atoms with Crippen LogP contribution in [0.15, 0.2) is 12.1 Å². The van der Waals surface area contributed by atoms with Gasteiger partial charge in [0, 0.05) is 6.04 Å². The van der Waals surface area contributed by atoms with Gasteiger partial charge in [0.2, 0.25) is 0 Å². The van der Waals surface area contributed by atoms with E-state index < -0.39 is 0 Å². The first kappa shape index (κ1) is 18.0. The van der Waals surface area contributed by atoms with Gasteiger partial charge < -0.3 is 10.8 Å². The molecular weight excluding hydrogens is 258 g/mol. The summed E-state index contributed by atoms with van der Waals surface area (Å²) in [4.78, 5) is 0. The van der Waals surface area contributed by atoms with Crippen LogP contribution in [0.1, 0.15) is 72.1 Å². The number of aromatic hydroxyl groups is 1. The number of phenolic OH excluding ortho intramolecular Hbond substituents is 1. The van der Waals surface area contributed by atoms with Crippen LogP contribution in [0.2, 0.25) is 0 Å². The first-order valence-corrected chi connectivity index (χ1v) is 7.96. The monoisotopic (exact) mass is 291 g/mol. The lowest BCUT2D eigenvalue weighted by molar-refractivity contribution is 0.421. The fourth-order valence-corrected chi connectivity index (χ4v) is 2.46. The molecule has 0 amide bonds. The van der Waals surface area contributed by atoms with Gasteiger partial charge in [0.15, 0.2) is 0 Å². The summed E-state index contributed by atoms with van der Waals surface area (Å²) >= 11 is 0. The summed E-state index contributed by atoms with van der Waals surface area (Å²) in [6, 6.07) is 4.41. The van der Waals surface area contributed by atoms with Gasteiger partial charge in [0.25, 0.3) is 0 Å². The first-order chi connectivity index (χ1) is 9.34. The molecule has 2 nitrogen and oxygen atoms in total. The van der Waals surface area contributed by atoms with Crippen molar-refractivity contribution >= 4 is 0 Å². The van der Waals surface area contributed by atoms with Gasteiger partial charge in [-0.1, -0.05) is 67.5 Å². The fourth-order valence-electron chi connectivity index (χ4n) is 2.46. The highest BCUT2D eigenvalue weighted by Gasteiger charge is 2.26. The molecule has 0 aliphatic carbocycles. The zero-order valence-electron chi connectivity index (χ0n) is 15.0. The summed E-state index contributed by atoms with van der Waals surface area (Å²) in [5.74, 6) is 0.895. The average molecular weight is 291 g/mol. The normalized spacial score (nSPS) is 14.6. The number of hydrogen-bond donors (Lipinski definition) is 2. The minimum atomic E-state index is -0.0813. The molecule has 1 rings (SSSR count). The smallest absolute Gasteiger partial charge is 0.123 e. The van der Waals surface area contributed by atoms with Crippen LogP contribution in [0.4, 0.5) is 0 Å². The lowest BCUT2D eigenvalue weighted by Gasteiger charge is -2.29. The Hall–Kier alpha value is -1.02. The second-order valence-electron chi connectivity index (χ2n) is 8.65. The molecule has 21 heavy (non-hydrogen) atoms. The third kappa shape index (κ3) is 4.47. The lowest BCUT2D eigenvalue weighted by atomic mass is 9.77. The molecule has 1 unspecified atom stereocenters. The molecule has 0 saturated heterocycles. The zero-order valence-corrected chi connectivity index (χ0v) is 15.0. The number of rotatable bonds is 3. The maximum absolute atomic E-state index is 10.7. The van der Waals surface area contributed by atoms with Crippen molar-refractivity contribution in [2.75, 3.05) is 0 Å². The average Bonchev–Trinajstić information content (AvgIpc) is 2.27. The maximum atomic E-state index is 10.7. The Bertz CT molecular complexity index is 454. The van der Waals surface area contributed by atoms with E-state index >= 15 is 0 Å². The second-order valence-corrected chi connectivity index (χ2v) is 8.65. The molecule has 0 fully saturated rings. The highest BCUT2D eigenvalue weighted by Crippen LogP contribution is 2.40. The third-order valence-electron chi connectivity index (χ3n) is 4.11. The Morgan fingerprint density at radius 2 is 1.33 bits per heavy atom. The molecule has 1 atom stereocenters. The topological polar surface area (TPSA) is 46.2 Å². The van der Waals surface area contributed by atoms with Crippen molar-refractivity contribution < 1.29 is 5.11 Å². The van der Waals surface area contributed by atoms with Crippen LogP contribution in [-0.2, 0) is 17.3 Å². The number of nitrogens with two attached hydrogens (primary N) is 1. The van der Waals surface area contributed by atoms with E-state index in [2.05, 4.69) is 67.5 Å². The number of benzene rings is 1. The van der Waals surface area contributed by atoms with E-state index in [0.29, 0.717) is 11.7 Å². The predicted octanol–water partition coefficient (Wildman–Crippen LogP) is 4.51. The molecule has 0 aliphatic rings. The van der Waals surface area contributed by atoms with Gasteiger partial charge in [-0.05, 0) is 39.9 Å². The van der Waals surface area contributed by atoms with Crippen molar-refractivity contribution in [1.29, 1.82) is 0 Å². The van der Waals surface area contributed by atoms with E-state index in [9.17, 15) is 5.11 Å². The van der Waals surface area contributed by atoms with E-state index in [1.165, 1.54) is 5.56 Å². The summed E-state index contributed by atoms with van der Waals surface area (Å²) in [5.41, 5.74) is 9.33. The van der Waals surface area contributed by atoms with Crippen LogP contribution >= 0.6 is 0 Å². The van der Waals surface area contributed by atoms with Gasteiger partial charge in [-0.3, -0.25) is 0 Å².